The molecule has 0 unspecified atom stereocenters. The van der Waals surface area contributed by atoms with E-state index in [9.17, 15) is 9.90 Å². The Bertz CT molecular complexity index is 1270. The molecule has 1 aliphatic heterocycles. The van der Waals surface area contributed by atoms with Crippen molar-refractivity contribution in [1.29, 1.82) is 0 Å². The molecule has 148 valence electrons. The molecule has 3 aromatic carbocycles. The molecule has 0 fully saturated rings. The molecule has 4 aromatic rings. The molecule has 7 heteroatoms. The maximum Gasteiger partial charge on any atom is 0.257 e. The van der Waals surface area contributed by atoms with Crippen LogP contribution in [0.15, 0.2) is 73.3 Å². The predicted molar refractivity (Wildman–Crippen MR) is 115 cm³/mol. The van der Waals surface area contributed by atoms with Gasteiger partial charge in [0, 0.05) is 18.1 Å². The first-order valence-electron chi connectivity index (χ1n) is 9.34. The van der Waals surface area contributed by atoms with E-state index in [1.165, 1.54) is 7.11 Å². The van der Waals surface area contributed by atoms with Crippen LogP contribution in [0, 0.1) is 0 Å². The number of phenols is 1. The van der Waals surface area contributed by atoms with Gasteiger partial charge in [0.2, 0.25) is 0 Å². The van der Waals surface area contributed by atoms with Gasteiger partial charge in [0.1, 0.15) is 0 Å². The van der Waals surface area contributed by atoms with Crippen LogP contribution in [0.4, 0.5) is 17.1 Å². The topological polar surface area (TPSA) is 88.4 Å². The fraction of sp³-hybridized carbons (Fsp3) is 0.0435. The summed E-state index contributed by atoms with van der Waals surface area (Å²) in [7, 11) is 1.51. The third-order valence-corrected chi connectivity index (χ3v) is 5.10. The third-order valence-electron chi connectivity index (χ3n) is 5.10. The maximum absolute atomic E-state index is 12.8. The first-order valence-corrected chi connectivity index (χ1v) is 9.34. The van der Waals surface area contributed by atoms with Gasteiger partial charge in [0.05, 0.1) is 36.1 Å². The van der Waals surface area contributed by atoms with Crippen molar-refractivity contribution in [3.05, 3.63) is 78.9 Å². The van der Waals surface area contributed by atoms with Crippen LogP contribution in [0.2, 0.25) is 0 Å². The number of methoxy groups -OCH3 is 1. The van der Waals surface area contributed by atoms with Gasteiger partial charge in [-0.3, -0.25) is 4.79 Å². The van der Waals surface area contributed by atoms with Crippen LogP contribution in [0.5, 0.6) is 11.5 Å². The van der Waals surface area contributed by atoms with Crippen molar-refractivity contribution in [1.82, 2.24) is 9.55 Å². The monoisotopic (exact) mass is 398 g/mol. The van der Waals surface area contributed by atoms with E-state index in [0.29, 0.717) is 22.7 Å². The van der Waals surface area contributed by atoms with Crippen molar-refractivity contribution in [2.45, 2.75) is 0 Å². The Kier molecular flexibility index (Phi) is 4.14. The van der Waals surface area contributed by atoms with Crippen molar-refractivity contribution in [2.75, 3.05) is 17.7 Å². The molecule has 3 N–H and O–H groups in total. The van der Waals surface area contributed by atoms with Gasteiger partial charge in [-0.25, -0.2) is 4.98 Å². The lowest BCUT2D eigenvalue weighted by Crippen LogP contribution is -2.10. The molecule has 0 saturated heterocycles. The number of amides is 1. The number of carbonyl (C=O) groups is 1. The minimum absolute atomic E-state index is 0.0782. The van der Waals surface area contributed by atoms with Crippen molar-refractivity contribution in [3.8, 4) is 28.3 Å². The number of benzene rings is 3. The molecule has 5 rings (SSSR count). The van der Waals surface area contributed by atoms with Gasteiger partial charge in [-0.05, 0) is 53.6 Å². The summed E-state index contributed by atoms with van der Waals surface area (Å²) in [5.41, 5.74) is 5.41. The van der Waals surface area contributed by atoms with Gasteiger partial charge in [-0.1, -0.05) is 12.1 Å². The van der Waals surface area contributed by atoms with Crippen LogP contribution >= 0.6 is 0 Å². The van der Waals surface area contributed by atoms with E-state index in [1.54, 1.807) is 36.8 Å². The van der Waals surface area contributed by atoms with Crippen LogP contribution < -0.4 is 15.4 Å². The SMILES string of the molecule is COc1cc(-c2ccc3c(c2)Nc2cc(-n4ccnc4)ccc2NC3=O)ccc1O. The number of nitrogens with zero attached hydrogens (tertiary/aromatic N) is 2. The molecule has 1 amide bonds. The third kappa shape index (κ3) is 3.02. The first-order chi connectivity index (χ1) is 14.6. The van der Waals surface area contributed by atoms with E-state index in [-0.39, 0.29) is 11.7 Å². The Morgan fingerprint density at radius 2 is 1.77 bits per heavy atom. The second-order valence-corrected chi connectivity index (χ2v) is 6.93. The second-order valence-electron chi connectivity index (χ2n) is 6.93. The average Bonchev–Trinajstić information content (AvgIpc) is 3.25. The van der Waals surface area contributed by atoms with Crippen LogP contribution in [-0.4, -0.2) is 27.7 Å². The molecule has 0 bridgehead atoms. The molecule has 0 atom stereocenters. The number of aromatic nitrogens is 2. The van der Waals surface area contributed by atoms with Crippen LogP contribution in [0.1, 0.15) is 10.4 Å². The molecule has 1 aliphatic rings. The number of hydrogen-bond acceptors (Lipinski definition) is 5. The highest BCUT2D eigenvalue weighted by molar-refractivity contribution is 6.12. The fourth-order valence-electron chi connectivity index (χ4n) is 3.53. The highest BCUT2D eigenvalue weighted by Gasteiger charge is 2.20. The summed E-state index contributed by atoms with van der Waals surface area (Å²) in [5.74, 6) is 0.291. The zero-order valence-corrected chi connectivity index (χ0v) is 16.1. The number of nitrogens with one attached hydrogen (secondary N) is 2. The number of hydrogen-bond donors (Lipinski definition) is 3. The number of aromatic hydroxyl groups is 1. The molecule has 0 aliphatic carbocycles. The van der Waals surface area contributed by atoms with E-state index in [2.05, 4.69) is 15.6 Å². The number of anilines is 3. The van der Waals surface area contributed by atoms with Gasteiger partial charge in [0.15, 0.2) is 11.5 Å². The quantitative estimate of drug-likeness (QED) is 0.471. The van der Waals surface area contributed by atoms with Crippen molar-refractivity contribution in [2.24, 2.45) is 0 Å². The number of imidazole rings is 1. The normalized spacial score (nSPS) is 12.2. The van der Waals surface area contributed by atoms with Gasteiger partial charge < -0.3 is 25.0 Å². The van der Waals surface area contributed by atoms with Gasteiger partial charge >= 0.3 is 0 Å². The van der Waals surface area contributed by atoms with E-state index in [4.69, 9.17) is 4.74 Å². The smallest absolute Gasteiger partial charge is 0.257 e. The van der Waals surface area contributed by atoms with E-state index in [0.717, 1.165) is 22.5 Å². The Morgan fingerprint density at radius 1 is 0.933 bits per heavy atom. The Labute approximate surface area is 172 Å². The number of phenolic OH excluding ortho intramolecular Hbond substituents is 1. The zero-order chi connectivity index (χ0) is 20.7. The number of rotatable bonds is 3. The minimum atomic E-state index is -0.179. The number of ether oxygens (including phenoxy) is 1. The van der Waals surface area contributed by atoms with E-state index in [1.807, 2.05) is 41.1 Å². The molecule has 0 spiro atoms. The summed E-state index contributed by atoms with van der Waals surface area (Å²) in [5, 5.41) is 16.2. The molecule has 7 nitrogen and oxygen atoms in total. The lowest BCUT2D eigenvalue weighted by atomic mass is 10.0. The summed E-state index contributed by atoms with van der Waals surface area (Å²) >= 11 is 0. The van der Waals surface area contributed by atoms with E-state index >= 15 is 0 Å². The molecule has 2 heterocycles. The average molecular weight is 398 g/mol. The number of carbonyl (C=O) groups excluding carboxylic acids is 1. The summed E-state index contributed by atoms with van der Waals surface area (Å²) in [6.45, 7) is 0. The summed E-state index contributed by atoms with van der Waals surface area (Å²) in [6, 6.07) is 16.5. The minimum Gasteiger partial charge on any atom is -0.504 e. The van der Waals surface area contributed by atoms with E-state index < -0.39 is 0 Å². The first kappa shape index (κ1) is 17.8. The molecular weight excluding hydrogens is 380 g/mol. The van der Waals surface area contributed by atoms with Gasteiger partial charge in [-0.2, -0.15) is 0 Å². The summed E-state index contributed by atoms with van der Waals surface area (Å²) < 4.78 is 7.11. The Balaban J connectivity index is 1.58. The van der Waals surface area contributed by atoms with Crippen LogP contribution in [-0.2, 0) is 0 Å². The van der Waals surface area contributed by atoms with Crippen molar-refractivity contribution >= 4 is 23.0 Å². The molecular formula is C23H18N4O3. The van der Waals surface area contributed by atoms with Crippen LogP contribution in [0.3, 0.4) is 0 Å². The van der Waals surface area contributed by atoms with Crippen LogP contribution in [0.25, 0.3) is 16.8 Å². The largest absolute Gasteiger partial charge is 0.504 e. The molecule has 0 saturated carbocycles. The number of fused-ring (bicyclic) bond motifs is 2. The second kappa shape index (κ2) is 6.97. The highest BCUT2D eigenvalue weighted by atomic mass is 16.5. The Hall–Kier alpha value is -4.26. The van der Waals surface area contributed by atoms with Gasteiger partial charge in [0.25, 0.3) is 5.91 Å². The van der Waals surface area contributed by atoms with Gasteiger partial charge in [-0.15, -0.1) is 0 Å². The zero-order valence-electron chi connectivity index (χ0n) is 16.1. The standard InChI is InChI=1S/C23H18N4O3/c1-30-22-11-15(3-7-21(22)28)14-2-5-17-19(10-14)25-20-12-16(27-9-8-24-13-27)4-6-18(20)26-23(17)29/h2-13,25,28H,1H3,(H,26,29). The molecule has 0 radical (unpaired) electrons. The van der Waals surface area contributed by atoms with Crippen molar-refractivity contribution in [3.63, 3.8) is 0 Å². The summed E-state index contributed by atoms with van der Waals surface area (Å²) in [4.78, 5) is 16.8. The fourth-order valence-corrected chi connectivity index (χ4v) is 3.53. The molecule has 1 aromatic heterocycles. The lowest BCUT2D eigenvalue weighted by molar-refractivity contribution is 0.102. The lowest BCUT2D eigenvalue weighted by Gasteiger charge is -2.13. The summed E-state index contributed by atoms with van der Waals surface area (Å²) in [6.07, 6.45) is 5.30. The predicted octanol–water partition coefficient (Wildman–Crippen LogP) is 4.56. The molecule has 30 heavy (non-hydrogen) atoms. The maximum atomic E-state index is 12.8. The Morgan fingerprint density at radius 3 is 2.57 bits per heavy atom. The van der Waals surface area contributed by atoms with Crippen molar-refractivity contribution < 1.29 is 14.6 Å². The highest BCUT2D eigenvalue weighted by Crippen LogP contribution is 2.37.